The summed E-state index contributed by atoms with van der Waals surface area (Å²) in [6, 6.07) is 12.3. The first-order valence-electron chi connectivity index (χ1n) is 10.4. The third-order valence-corrected chi connectivity index (χ3v) is 6.27. The smallest absolute Gasteiger partial charge is 0.310 e. The van der Waals surface area contributed by atoms with E-state index in [1.807, 2.05) is 39.8 Å². The van der Waals surface area contributed by atoms with E-state index in [1.54, 1.807) is 42.0 Å². The molecule has 2 aromatic carbocycles. The van der Waals surface area contributed by atoms with Crippen LogP contribution in [-0.4, -0.2) is 29.2 Å². The lowest BCUT2D eigenvalue weighted by Crippen LogP contribution is -2.30. The van der Waals surface area contributed by atoms with Gasteiger partial charge in [0.05, 0.1) is 19.0 Å². The molecule has 0 bridgehead atoms. The van der Waals surface area contributed by atoms with Gasteiger partial charge in [0, 0.05) is 21.7 Å². The highest BCUT2D eigenvalue weighted by atomic mass is 35.5. The zero-order valence-corrected chi connectivity index (χ0v) is 19.4. The first-order chi connectivity index (χ1) is 14.7. The minimum Gasteiger partial charge on any atom is -0.497 e. The number of benzene rings is 2. The van der Waals surface area contributed by atoms with Crippen molar-refractivity contribution in [3.63, 3.8) is 0 Å². The van der Waals surface area contributed by atoms with Gasteiger partial charge in [-0.25, -0.2) is 0 Å². The lowest BCUT2D eigenvalue weighted by atomic mass is 10.00. The minimum absolute atomic E-state index is 0.0754. The van der Waals surface area contributed by atoms with E-state index in [4.69, 9.17) is 21.1 Å². The van der Waals surface area contributed by atoms with Gasteiger partial charge in [-0.3, -0.25) is 14.2 Å². The Bertz CT molecular complexity index is 1110. The molecule has 0 aliphatic rings. The van der Waals surface area contributed by atoms with E-state index in [2.05, 4.69) is 0 Å². The summed E-state index contributed by atoms with van der Waals surface area (Å²) in [5.41, 5.74) is 2.19. The average molecular weight is 442 g/mol. The summed E-state index contributed by atoms with van der Waals surface area (Å²) in [5.74, 6) is 0.163. The molecule has 0 saturated heterocycles. The molecule has 0 atom stereocenters. The van der Waals surface area contributed by atoms with Crippen LogP contribution in [0.4, 0.5) is 0 Å². The van der Waals surface area contributed by atoms with Crippen LogP contribution in [0.25, 0.3) is 10.9 Å². The molecule has 1 aromatic heterocycles. The number of methoxy groups -OCH3 is 1. The molecule has 0 fully saturated rings. The van der Waals surface area contributed by atoms with E-state index >= 15 is 0 Å². The molecule has 31 heavy (non-hydrogen) atoms. The third kappa shape index (κ3) is 4.62. The second-order valence-electron chi connectivity index (χ2n) is 7.90. The van der Waals surface area contributed by atoms with E-state index in [9.17, 15) is 9.59 Å². The largest absolute Gasteiger partial charge is 0.497 e. The van der Waals surface area contributed by atoms with Gasteiger partial charge >= 0.3 is 5.97 Å². The molecule has 0 spiro atoms. The molecule has 0 unspecified atom stereocenters. The van der Waals surface area contributed by atoms with Crippen LogP contribution < -0.4 is 4.74 Å². The van der Waals surface area contributed by atoms with E-state index < -0.39 is 5.60 Å². The molecule has 0 aliphatic heterocycles. The van der Waals surface area contributed by atoms with Gasteiger partial charge in [0.25, 0.3) is 5.91 Å². The number of nitrogens with zero attached hydrogens (tertiary/aromatic N) is 1. The number of fused-ring (bicyclic) bond motifs is 1. The van der Waals surface area contributed by atoms with Gasteiger partial charge in [0.1, 0.15) is 11.4 Å². The number of hydrogen-bond donors (Lipinski definition) is 0. The van der Waals surface area contributed by atoms with Gasteiger partial charge in [-0.05, 0) is 74.7 Å². The number of ether oxygens (including phenoxy) is 2. The molecule has 164 valence electrons. The molecular weight excluding hydrogens is 414 g/mol. The molecule has 0 saturated carbocycles. The van der Waals surface area contributed by atoms with Crippen molar-refractivity contribution in [2.24, 2.45) is 0 Å². The molecule has 3 rings (SSSR count). The average Bonchev–Trinajstić information content (AvgIpc) is 3.04. The maximum Gasteiger partial charge on any atom is 0.310 e. The summed E-state index contributed by atoms with van der Waals surface area (Å²) in [6.07, 6.45) is 1.55. The highest BCUT2D eigenvalue weighted by molar-refractivity contribution is 6.30. The summed E-state index contributed by atoms with van der Waals surface area (Å²) in [4.78, 5) is 26.2. The van der Waals surface area contributed by atoms with Gasteiger partial charge < -0.3 is 9.47 Å². The monoisotopic (exact) mass is 441 g/mol. The van der Waals surface area contributed by atoms with Crippen molar-refractivity contribution in [2.45, 2.75) is 52.6 Å². The first-order valence-corrected chi connectivity index (χ1v) is 10.8. The van der Waals surface area contributed by atoms with Crippen molar-refractivity contribution in [1.29, 1.82) is 0 Å². The molecule has 6 heteroatoms. The van der Waals surface area contributed by atoms with Crippen LogP contribution in [-0.2, 0) is 16.0 Å². The van der Waals surface area contributed by atoms with Gasteiger partial charge in [-0.15, -0.1) is 0 Å². The Labute approximate surface area is 187 Å². The molecule has 1 heterocycles. The number of halogens is 1. The van der Waals surface area contributed by atoms with Gasteiger partial charge in [-0.1, -0.05) is 25.4 Å². The number of esters is 1. The Morgan fingerprint density at radius 3 is 2.29 bits per heavy atom. The predicted octanol–water partition coefficient (Wildman–Crippen LogP) is 5.96. The lowest BCUT2D eigenvalue weighted by Gasteiger charge is -2.27. The quantitative estimate of drug-likeness (QED) is 0.424. The standard InChI is InChI=1S/C25H28ClNO4/c1-6-25(4,7-2)31-23(28)15-20-16(3)27(22-13-12-19(30-5)14-21(20)22)24(29)17-8-10-18(26)11-9-17/h8-14H,6-7,15H2,1-5H3. The van der Waals surface area contributed by atoms with Gasteiger partial charge in [-0.2, -0.15) is 0 Å². The molecular formula is C25H28ClNO4. The van der Waals surface area contributed by atoms with Crippen LogP contribution >= 0.6 is 11.6 Å². The van der Waals surface area contributed by atoms with Gasteiger partial charge in [0.2, 0.25) is 0 Å². The first kappa shape index (κ1) is 22.9. The Balaban J connectivity index is 2.09. The molecule has 0 N–H and O–H groups in total. The molecule has 0 radical (unpaired) electrons. The van der Waals surface area contributed by atoms with Crippen molar-refractivity contribution in [3.05, 3.63) is 64.3 Å². The predicted molar refractivity (Wildman–Crippen MR) is 123 cm³/mol. The van der Waals surface area contributed by atoms with Crippen LogP contribution in [0.1, 0.15) is 55.2 Å². The number of rotatable bonds is 7. The van der Waals surface area contributed by atoms with Crippen LogP contribution in [0.2, 0.25) is 5.02 Å². The fourth-order valence-corrected chi connectivity index (χ4v) is 3.77. The van der Waals surface area contributed by atoms with E-state index in [-0.39, 0.29) is 18.3 Å². The second kappa shape index (κ2) is 9.15. The zero-order valence-electron chi connectivity index (χ0n) is 18.6. The van der Waals surface area contributed by atoms with Crippen molar-refractivity contribution < 1.29 is 19.1 Å². The van der Waals surface area contributed by atoms with Crippen LogP contribution in [0.15, 0.2) is 42.5 Å². The highest BCUT2D eigenvalue weighted by Crippen LogP contribution is 2.31. The number of carbonyl (C=O) groups excluding carboxylic acids is 2. The highest BCUT2D eigenvalue weighted by Gasteiger charge is 2.27. The lowest BCUT2D eigenvalue weighted by molar-refractivity contribution is -0.157. The summed E-state index contributed by atoms with van der Waals surface area (Å²) in [6.45, 7) is 7.79. The fraction of sp³-hybridized carbons (Fsp3) is 0.360. The summed E-state index contributed by atoms with van der Waals surface area (Å²) in [7, 11) is 1.59. The normalized spacial score (nSPS) is 11.5. The van der Waals surface area contributed by atoms with Gasteiger partial charge in [0.15, 0.2) is 0 Å². The molecule has 0 aliphatic carbocycles. The maximum absolute atomic E-state index is 13.3. The Morgan fingerprint density at radius 1 is 1.06 bits per heavy atom. The van der Waals surface area contributed by atoms with Crippen molar-refractivity contribution in [3.8, 4) is 5.75 Å². The summed E-state index contributed by atoms with van der Waals surface area (Å²) >= 11 is 5.98. The second-order valence-corrected chi connectivity index (χ2v) is 8.34. The number of carbonyl (C=O) groups is 2. The fourth-order valence-electron chi connectivity index (χ4n) is 3.65. The molecule has 5 nitrogen and oxygen atoms in total. The van der Waals surface area contributed by atoms with Crippen molar-refractivity contribution in [1.82, 2.24) is 4.57 Å². The Hall–Kier alpha value is -2.79. The van der Waals surface area contributed by atoms with Crippen LogP contribution in [0.3, 0.4) is 0 Å². The topological polar surface area (TPSA) is 57.5 Å². The van der Waals surface area contributed by atoms with E-state index in [1.165, 1.54) is 0 Å². The van der Waals surface area contributed by atoms with E-state index in [0.717, 1.165) is 29.3 Å². The third-order valence-electron chi connectivity index (χ3n) is 6.01. The summed E-state index contributed by atoms with van der Waals surface area (Å²) < 4.78 is 12.8. The maximum atomic E-state index is 13.3. The minimum atomic E-state index is -0.500. The van der Waals surface area contributed by atoms with Crippen LogP contribution in [0, 0.1) is 6.92 Å². The van der Waals surface area contributed by atoms with Crippen LogP contribution in [0.5, 0.6) is 5.75 Å². The summed E-state index contributed by atoms with van der Waals surface area (Å²) in [5, 5.41) is 1.36. The molecule has 3 aromatic rings. The molecule has 0 amide bonds. The number of hydrogen-bond acceptors (Lipinski definition) is 4. The van der Waals surface area contributed by atoms with Crippen molar-refractivity contribution in [2.75, 3.05) is 7.11 Å². The zero-order chi connectivity index (χ0) is 22.8. The Morgan fingerprint density at radius 2 is 1.71 bits per heavy atom. The Kier molecular flexibility index (Phi) is 6.75. The SMILES string of the molecule is CCC(C)(CC)OC(=O)Cc1c(C)n(C(=O)c2ccc(Cl)cc2)c2ccc(OC)cc12. The number of aromatic nitrogens is 1. The van der Waals surface area contributed by atoms with Crippen molar-refractivity contribution >= 4 is 34.4 Å². The van der Waals surface area contributed by atoms with E-state index in [0.29, 0.717) is 22.0 Å².